The zero-order valence-corrected chi connectivity index (χ0v) is 13.3. The molecule has 0 atom stereocenters. The number of amides is 4. The SMILES string of the molecule is O=C(NCc1ccc(F)cc1)c1ccccc1CN1C(=O)CNC1=O. The number of hydrogen-bond donors (Lipinski definition) is 2. The molecule has 2 aromatic rings. The van der Waals surface area contributed by atoms with E-state index in [2.05, 4.69) is 10.6 Å². The van der Waals surface area contributed by atoms with Gasteiger partial charge >= 0.3 is 6.03 Å². The van der Waals surface area contributed by atoms with Crippen molar-refractivity contribution in [3.63, 3.8) is 0 Å². The summed E-state index contributed by atoms with van der Waals surface area (Å²) >= 11 is 0. The molecule has 4 amide bonds. The average molecular weight is 341 g/mol. The van der Waals surface area contributed by atoms with Crippen LogP contribution in [0.5, 0.6) is 0 Å². The van der Waals surface area contributed by atoms with E-state index in [0.717, 1.165) is 10.5 Å². The molecule has 0 saturated carbocycles. The van der Waals surface area contributed by atoms with Gasteiger partial charge in [-0.25, -0.2) is 9.18 Å². The predicted molar refractivity (Wildman–Crippen MR) is 88.0 cm³/mol. The van der Waals surface area contributed by atoms with Gasteiger partial charge in [-0.15, -0.1) is 0 Å². The summed E-state index contributed by atoms with van der Waals surface area (Å²) in [7, 11) is 0. The highest BCUT2D eigenvalue weighted by Crippen LogP contribution is 2.14. The van der Waals surface area contributed by atoms with Gasteiger partial charge in [0.1, 0.15) is 5.82 Å². The Hall–Kier alpha value is -3.22. The molecule has 1 saturated heterocycles. The van der Waals surface area contributed by atoms with Gasteiger partial charge in [-0.2, -0.15) is 0 Å². The van der Waals surface area contributed by atoms with Crippen LogP contribution in [0.25, 0.3) is 0 Å². The monoisotopic (exact) mass is 341 g/mol. The van der Waals surface area contributed by atoms with E-state index in [9.17, 15) is 18.8 Å². The molecular formula is C18H16FN3O3. The maximum atomic E-state index is 12.9. The Labute approximate surface area is 143 Å². The third-order valence-corrected chi connectivity index (χ3v) is 3.89. The van der Waals surface area contributed by atoms with E-state index in [1.165, 1.54) is 12.1 Å². The summed E-state index contributed by atoms with van der Waals surface area (Å²) in [5.74, 6) is -0.993. The topological polar surface area (TPSA) is 78.5 Å². The van der Waals surface area contributed by atoms with Crippen LogP contribution in [0, 0.1) is 5.82 Å². The molecule has 0 aliphatic carbocycles. The van der Waals surface area contributed by atoms with Gasteiger partial charge in [-0.3, -0.25) is 14.5 Å². The Balaban J connectivity index is 1.71. The first-order valence-corrected chi connectivity index (χ1v) is 7.73. The Morgan fingerprint density at radius 2 is 1.84 bits per heavy atom. The van der Waals surface area contributed by atoms with Gasteiger partial charge in [0.05, 0.1) is 13.1 Å². The number of hydrogen-bond acceptors (Lipinski definition) is 3. The summed E-state index contributed by atoms with van der Waals surface area (Å²) in [4.78, 5) is 36.9. The Bertz CT molecular complexity index is 805. The predicted octanol–water partition coefficient (Wildman–Crippen LogP) is 1.81. The zero-order valence-electron chi connectivity index (χ0n) is 13.3. The van der Waals surface area contributed by atoms with Crippen LogP contribution in [-0.2, 0) is 17.9 Å². The van der Waals surface area contributed by atoms with E-state index in [1.807, 2.05) is 0 Å². The molecule has 6 nitrogen and oxygen atoms in total. The summed E-state index contributed by atoms with van der Waals surface area (Å²) in [6.07, 6.45) is 0. The summed E-state index contributed by atoms with van der Waals surface area (Å²) in [5.41, 5.74) is 1.72. The van der Waals surface area contributed by atoms with Crippen LogP contribution >= 0.6 is 0 Å². The van der Waals surface area contributed by atoms with Gasteiger partial charge in [0.2, 0.25) is 5.91 Å². The lowest BCUT2D eigenvalue weighted by molar-refractivity contribution is -0.125. The largest absolute Gasteiger partial charge is 0.348 e. The summed E-state index contributed by atoms with van der Waals surface area (Å²) in [6, 6.07) is 12.2. The van der Waals surface area contributed by atoms with Crippen molar-refractivity contribution in [2.45, 2.75) is 13.1 Å². The van der Waals surface area contributed by atoms with Crippen molar-refractivity contribution in [3.05, 3.63) is 71.0 Å². The number of halogens is 1. The Morgan fingerprint density at radius 3 is 2.52 bits per heavy atom. The maximum Gasteiger partial charge on any atom is 0.324 e. The Morgan fingerprint density at radius 1 is 1.12 bits per heavy atom. The molecule has 128 valence electrons. The van der Waals surface area contributed by atoms with Crippen LogP contribution in [0.1, 0.15) is 21.5 Å². The molecule has 0 bridgehead atoms. The second-order valence-corrected chi connectivity index (χ2v) is 5.60. The highest BCUT2D eigenvalue weighted by molar-refractivity contribution is 6.02. The number of carbonyl (C=O) groups is 3. The van der Waals surface area contributed by atoms with Crippen molar-refractivity contribution in [1.82, 2.24) is 15.5 Å². The summed E-state index contributed by atoms with van der Waals surface area (Å²) in [5, 5.41) is 5.20. The van der Waals surface area contributed by atoms with Crippen molar-refractivity contribution in [2.75, 3.05) is 6.54 Å². The van der Waals surface area contributed by atoms with E-state index in [1.54, 1.807) is 36.4 Å². The smallest absolute Gasteiger partial charge is 0.324 e. The van der Waals surface area contributed by atoms with E-state index in [4.69, 9.17) is 0 Å². The highest BCUT2D eigenvalue weighted by atomic mass is 19.1. The van der Waals surface area contributed by atoms with Crippen molar-refractivity contribution in [3.8, 4) is 0 Å². The molecule has 1 fully saturated rings. The molecular weight excluding hydrogens is 325 g/mol. The van der Waals surface area contributed by atoms with Gasteiger partial charge in [0.25, 0.3) is 5.91 Å². The van der Waals surface area contributed by atoms with Crippen molar-refractivity contribution >= 4 is 17.8 Å². The quantitative estimate of drug-likeness (QED) is 0.814. The van der Waals surface area contributed by atoms with Crippen molar-refractivity contribution in [1.29, 1.82) is 0 Å². The molecule has 0 aromatic heterocycles. The lowest BCUT2D eigenvalue weighted by Gasteiger charge is -2.15. The molecule has 2 aromatic carbocycles. The van der Waals surface area contributed by atoms with E-state index in [-0.39, 0.29) is 37.3 Å². The third kappa shape index (κ3) is 3.82. The van der Waals surface area contributed by atoms with Crippen molar-refractivity contribution in [2.24, 2.45) is 0 Å². The number of nitrogens with zero attached hydrogens (tertiary/aromatic N) is 1. The van der Waals surface area contributed by atoms with E-state index >= 15 is 0 Å². The van der Waals surface area contributed by atoms with Gasteiger partial charge in [-0.1, -0.05) is 30.3 Å². The number of urea groups is 1. The fourth-order valence-electron chi connectivity index (χ4n) is 2.55. The average Bonchev–Trinajstić information content (AvgIpc) is 2.93. The van der Waals surface area contributed by atoms with Crippen molar-refractivity contribution < 1.29 is 18.8 Å². The van der Waals surface area contributed by atoms with Crippen LogP contribution in [0.3, 0.4) is 0 Å². The normalized spacial score (nSPS) is 13.7. The number of benzene rings is 2. The first-order valence-electron chi connectivity index (χ1n) is 7.73. The zero-order chi connectivity index (χ0) is 17.8. The fourth-order valence-corrected chi connectivity index (χ4v) is 2.55. The standard InChI is InChI=1S/C18H16FN3O3/c19-14-7-5-12(6-8-14)9-20-17(24)15-4-2-1-3-13(15)11-22-16(23)10-21-18(22)25/h1-8H,9-11H2,(H,20,24)(H,21,25). The number of rotatable bonds is 5. The first-order chi connectivity index (χ1) is 12.0. The van der Waals surface area contributed by atoms with Gasteiger partial charge in [0, 0.05) is 12.1 Å². The summed E-state index contributed by atoms with van der Waals surface area (Å²) in [6.45, 7) is 0.249. The molecule has 1 aliphatic heterocycles. The minimum absolute atomic E-state index is 0.0300. The molecule has 0 unspecified atom stereocenters. The number of imide groups is 1. The van der Waals surface area contributed by atoms with Gasteiger partial charge < -0.3 is 10.6 Å². The van der Waals surface area contributed by atoms with E-state index < -0.39 is 6.03 Å². The first kappa shape index (κ1) is 16.6. The molecule has 3 rings (SSSR count). The molecule has 2 N–H and O–H groups in total. The van der Waals surface area contributed by atoms with Crippen LogP contribution in [0.4, 0.5) is 9.18 Å². The second-order valence-electron chi connectivity index (χ2n) is 5.60. The molecule has 25 heavy (non-hydrogen) atoms. The Kier molecular flexibility index (Phi) is 4.74. The minimum atomic E-state index is -0.466. The molecule has 0 spiro atoms. The third-order valence-electron chi connectivity index (χ3n) is 3.89. The molecule has 0 radical (unpaired) electrons. The lowest BCUT2D eigenvalue weighted by atomic mass is 10.1. The number of carbonyl (C=O) groups excluding carboxylic acids is 3. The van der Waals surface area contributed by atoms with Gasteiger partial charge in [0.15, 0.2) is 0 Å². The molecule has 7 heteroatoms. The molecule has 1 heterocycles. The minimum Gasteiger partial charge on any atom is -0.348 e. The van der Waals surface area contributed by atoms with Crippen LogP contribution < -0.4 is 10.6 Å². The van der Waals surface area contributed by atoms with Crippen LogP contribution in [-0.4, -0.2) is 29.3 Å². The van der Waals surface area contributed by atoms with E-state index in [0.29, 0.717) is 11.1 Å². The molecule has 1 aliphatic rings. The number of nitrogens with one attached hydrogen (secondary N) is 2. The fraction of sp³-hybridized carbons (Fsp3) is 0.167. The maximum absolute atomic E-state index is 12.9. The highest BCUT2D eigenvalue weighted by Gasteiger charge is 2.29. The van der Waals surface area contributed by atoms with Gasteiger partial charge in [-0.05, 0) is 29.3 Å². The second kappa shape index (κ2) is 7.12. The summed E-state index contributed by atoms with van der Waals surface area (Å²) < 4.78 is 12.9. The van der Waals surface area contributed by atoms with Crippen LogP contribution in [0.15, 0.2) is 48.5 Å². The van der Waals surface area contributed by atoms with Crippen LogP contribution in [0.2, 0.25) is 0 Å². The lowest BCUT2D eigenvalue weighted by Crippen LogP contribution is -2.32.